The van der Waals surface area contributed by atoms with E-state index in [4.69, 9.17) is 15.2 Å². The molecule has 1 aromatic rings. The summed E-state index contributed by atoms with van der Waals surface area (Å²) in [6.07, 6.45) is 2.20. The zero-order chi connectivity index (χ0) is 14.8. The molecule has 20 heavy (non-hydrogen) atoms. The van der Waals surface area contributed by atoms with E-state index in [0.717, 1.165) is 6.42 Å². The van der Waals surface area contributed by atoms with E-state index in [1.54, 1.807) is 7.11 Å². The van der Waals surface area contributed by atoms with Gasteiger partial charge in [-0.1, -0.05) is 6.92 Å². The maximum Gasteiger partial charge on any atom is 0.242 e. The molecule has 0 aromatic carbocycles. The molecule has 8 heteroatoms. The summed E-state index contributed by atoms with van der Waals surface area (Å²) in [5, 5.41) is 5.53. The quantitative estimate of drug-likeness (QED) is 0.548. The minimum Gasteiger partial charge on any atom is -0.476 e. The average Bonchev–Trinajstić information content (AvgIpc) is 2.45. The second kappa shape index (κ2) is 8.92. The predicted molar refractivity (Wildman–Crippen MR) is 75.6 cm³/mol. The van der Waals surface area contributed by atoms with Crippen molar-refractivity contribution in [3.8, 4) is 5.88 Å². The summed E-state index contributed by atoms with van der Waals surface area (Å²) in [5.41, 5.74) is 6.16. The monoisotopic (exact) mass is 283 g/mol. The first-order chi connectivity index (χ1) is 9.69. The third kappa shape index (κ3) is 5.27. The van der Waals surface area contributed by atoms with Crippen molar-refractivity contribution in [3.63, 3.8) is 0 Å². The Labute approximate surface area is 118 Å². The molecule has 0 radical (unpaired) electrons. The number of ether oxygens (including phenoxy) is 2. The fourth-order valence-electron chi connectivity index (χ4n) is 1.35. The number of rotatable bonds is 9. The normalized spacial score (nSPS) is 10.1. The summed E-state index contributed by atoms with van der Waals surface area (Å²) in [5.74, 6) is 0.535. The van der Waals surface area contributed by atoms with Crippen molar-refractivity contribution in [2.24, 2.45) is 0 Å². The number of aromatic nitrogens is 2. The summed E-state index contributed by atoms with van der Waals surface area (Å²) < 4.78 is 10.2. The van der Waals surface area contributed by atoms with Gasteiger partial charge < -0.3 is 25.8 Å². The Hall–Kier alpha value is -2.09. The van der Waals surface area contributed by atoms with Gasteiger partial charge in [0.1, 0.15) is 12.0 Å². The Morgan fingerprint density at radius 1 is 1.40 bits per heavy atom. The van der Waals surface area contributed by atoms with Crippen LogP contribution in [-0.2, 0) is 9.53 Å². The van der Waals surface area contributed by atoms with Crippen LogP contribution in [0.1, 0.15) is 13.3 Å². The predicted octanol–water partition coefficient (Wildman–Crippen LogP) is 0.0221. The largest absolute Gasteiger partial charge is 0.476 e. The summed E-state index contributed by atoms with van der Waals surface area (Å²) in [7, 11) is 1.57. The molecule has 4 N–H and O–H groups in total. The molecule has 0 bridgehead atoms. The first kappa shape index (κ1) is 16.0. The van der Waals surface area contributed by atoms with E-state index in [2.05, 4.69) is 20.6 Å². The van der Waals surface area contributed by atoms with Crippen molar-refractivity contribution in [1.29, 1.82) is 0 Å². The van der Waals surface area contributed by atoms with E-state index < -0.39 is 0 Å². The lowest BCUT2D eigenvalue weighted by molar-refractivity contribution is -0.119. The molecule has 1 heterocycles. The second-order valence-corrected chi connectivity index (χ2v) is 3.99. The maximum absolute atomic E-state index is 11.5. The minimum atomic E-state index is -0.170. The molecule has 0 saturated carbocycles. The summed E-state index contributed by atoms with van der Waals surface area (Å²) in [4.78, 5) is 19.4. The van der Waals surface area contributed by atoms with Gasteiger partial charge >= 0.3 is 0 Å². The SMILES string of the molecule is CCCOc1ncnc(NCC(=O)NCCOC)c1N. The maximum atomic E-state index is 11.5. The van der Waals surface area contributed by atoms with E-state index in [9.17, 15) is 4.79 Å². The molecular formula is C12H21N5O3. The van der Waals surface area contributed by atoms with E-state index in [0.29, 0.717) is 37.1 Å². The van der Waals surface area contributed by atoms with Gasteiger partial charge in [-0.15, -0.1) is 0 Å². The Bertz CT molecular complexity index is 428. The molecule has 0 saturated heterocycles. The van der Waals surface area contributed by atoms with Crippen LogP contribution in [-0.4, -0.2) is 49.3 Å². The number of hydrogen-bond donors (Lipinski definition) is 3. The lowest BCUT2D eigenvalue weighted by Gasteiger charge is -2.11. The van der Waals surface area contributed by atoms with Crippen molar-refractivity contribution in [3.05, 3.63) is 6.33 Å². The zero-order valence-corrected chi connectivity index (χ0v) is 11.8. The van der Waals surface area contributed by atoms with Crippen LogP contribution >= 0.6 is 0 Å². The second-order valence-electron chi connectivity index (χ2n) is 3.99. The molecule has 0 atom stereocenters. The van der Waals surface area contributed by atoms with Crippen LogP contribution in [0, 0.1) is 0 Å². The number of nitrogens with one attached hydrogen (secondary N) is 2. The number of nitrogens with two attached hydrogens (primary N) is 1. The van der Waals surface area contributed by atoms with Crippen molar-refractivity contribution in [1.82, 2.24) is 15.3 Å². The van der Waals surface area contributed by atoms with Crippen molar-refractivity contribution >= 4 is 17.4 Å². The van der Waals surface area contributed by atoms with Gasteiger partial charge in [0, 0.05) is 13.7 Å². The number of amides is 1. The molecule has 0 aliphatic carbocycles. The Kier molecular flexibility index (Phi) is 7.12. The highest BCUT2D eigenvalue weighted by molar-refractivity contribution is 5.81. The first-order valence-corrected chi connectivity index (χ1v) is 6.41. The van der Waals surface area contributed by atoms with Crippen molar-refractivity contribution in [2.45, 2.75) is 13.3 Å². The molecule has 8 nitrogen and oxygen atoms in total. The molecule has 0 spiro atoms. The summed E-state index contributed by atoms with van der Waals surface area (Å²) in [6.45, 7) is 3.51. The molecule has 112 valence electrons. The van der Waals surface area contributed by atoms with E-state index in [1.807, 2.05) is 6.92 Å². The van der Waals surface area contributed by atoms with E-state index in [1.165, 1.54) is 6.33 Å². The smallest absolute Gasteiger partial charge is 0.242 e. The summed E-state index contributed by atoms with van der Waals surface area (Å²) >= 11 is 0. The van der Waals surface area contributed by atoms with Crippen LogP contribution in [0.5, 0.6) is 5.88 Å². The van der Waals surface area contributed by atoms with Gasteiger partial charge in [-0.25, -0.2) is 4.98 Å². The fraction of sp³-hybridized carbons (Fsp3) is 0.583. The number of anilines is 2. The molecule has 1 aromatic heterocycles. The fourth-order valence-corrected chi connectivity index (χ4v) is 1.35. The topological polar surface area (TPSA) is 111 Å². The highest BCUT2D eigenvalue weighted by Gasteiger charge is 2.10. The minimum absolute atomic E-state index is 0.0676. The molecule has 1 rings (SSSR count). The molecule has 0 aliphatic rings. The van der Waals surface area contributed by atoms with Crippen LogP contribution in [0.25, 0.3) is 0 Å². The number of nitrogen functional groups attached to an aromatic ring is 1. The van der Waals surface area contributed by atoms with Gasteiger partial charge in [0.05, 0.1) is 19.8 Å². The molecule has 1 amide bonds. The molecule has 0 aliphatic heterocycles. The molecule has 0 unspecified atom stereocenters. The number of methoxy groups -OCH3 is 1. The third-order valence-corrected chi connectivity index (χ3v) is 2.34. The number of hydrogen-bond acceptors (Lipinski definition) is 7. The van der Waals surface area contributed by atoms with Gasteiger partial charge in [-0.05, 0) is 6.42 Å². The average molecular weight is 283 g/mol. The highest BCUT2D eigenvalue weighted by atomic mass is 16.5. The molecular weight excluding hydrogens is 262 g/mol. The summed E-state index contributed by atoms with van der Waals surface area (Å²) in [6, 6.07) is 0. The Balaban J connectivity index is 2.49. The Morgan fingerprint density at radius 3 is 2.90 bits per heavy atom. The van der Waals surface area contributed by atoms with Gasteiger partial charge in [0.15, 0.2) is 5.82 Å². The first-order valence-electron chi connectivity index (χ1n) is 6.41. The zero-order valence-electron chi connectivity index (χ0n) is 11.8. The van der Waals surface area contributed by atoms with Gasteiger partial charge in [-0.3, -0.25) is 4.79 Å². The number of carbonyl (C=O) groups is 1. The van der Waals surface area contributed by atoms with Gasteiger partial charge in [0.25, 0.3) is 0 Å². The van der Waals surface area contributed by atoms with Gasteiger partial charge in [0.2, 0.25) is 11.8 Å². The van der Waals surface area contributed by atoms with E-state index >= 15 is 0 Å². The third-order valence-electron chi connectivity index (χ3n) is 2.34. The van der Waals surface area contributed by atoms with Gasteiger partial charge in [-0.2, -0.15) is 4.98 Å². The standard InChI is InChI=1S/C12H21N5O3/c1-3-5-20-12-10(13)11(16-8-17-12)15-7-9(18)14-4-6-19-2/h8H,3-7,13H2,1-2H3,(H,14,18)(H,15,16,17). The number of carbonyl (C=O) groups excluding carboxylic acids is 1. The Morgan fingerprint density at radius 2 is 2.20 bits per heavy atom. The van der Waals surface area contributed by atoms with Crippen molar-refractivity contribution in [2.75, 3.05) is 44.5 Å². The lowest BCUT2D eigenvalue weighted by Crippen LogP contribution is -2.32. The van der Waals surface area contributed by atoms with Crippen molar-refractivity contribution < 1.29 is 14.3 Å². The lowest BCUT2D eigenvalue weighted by atomic mass is 10.4. The molecule has 0 fully saturated rings. The van der Waals surface area contributed by atoms with Crippen LogP contribution in [0.15, 0.2) is 6.33 Å². The van der Waals surface area contributed by atoms with Crippen LogP contribution in [0.4, 0.5) is 11.5 Å². The highest BCUT2D eigenvalue weighted by Crippen LogP contribution is 2.24. The van der Waals surface area contributed by atoms with Crippen LogP contribution < -0.4 is 21.1 Å². The number of nitrogens with zero attached hydrogens (tertiary/aromatic N) is 2. The van der Waals surface area contributed by atoms with Crippen LogP contribution in [0.2, 0.25) is 0 Å². The van der Waals surface area contributed by atoms with E-state index in [-0.39, 0.29) is 12.5 Å². The van der Waals surface area contributed by atoms with Crippen LogP contribution in [0.3, 0.4) is 0 Å².